The Hall–Kier alpha value is -2.09. The van der Waals surface area contributed by atoms with E-state index in [9.17, 15) is 28.2 Å². The highest BCUT2D eigenvalue weighted by Crippen LogP contribution is 2.41. The number of phenols is 1. The van der Waals surface area contributed by atoms with Crippen LogP contribution >= 0.6 is 0 Å². The Kier molecular flexibility index (Phi) is 3.45. The molecular weight excluding hydrogens is 289 g/mol. The molecule has 1 amide bonds. The molecule has 1 aromatic rings. The third-order valence-corrected chi connectivity index (χ3v) is 3.31. The van der Waals surface area contributed by atoms with Gasteiger partial charge in [0.2, 0.25) is 0 Å². The van der Waals surface area contributed by atoms with Gasteiger partial charge in [0.05, 0.1) is 0 Å². The third-order valence-electron chi connectivity index (χ3n) is 3.31. The molecule has 0 spiro atoms. The molecule has 8 heteroatoms. The molecule has 1 aromatic carbocycles. The van der Waals surface area contributed by atoms with Gasteiger partial charge in [0.25, 0.3) is 11.6 Å². The molecule has 0 fully saturated rings. The molecule has 21 heavy (non-hydrogen) atoms. The van der Waals surface area contributed by atoms with Crippen molar-refractivity contribution < 1.29 is 28.2 Å². The van der Waals surface area contributed by atoms with E-state index in [-0.39, 0.29) is 27.6 Å². The number of benzene rings is 1. The number of amides is 1. The smallest absolute Gasteiger partial charge is 0.438 e. The quantitative estimate of drug-likeness (QED) is 0.835. The predicted molar refractivity (Wildman–Crippen MR) is 67.7 cm³/mol. The van der Waals surface area contributed by atoms with E-state index in [0.29, 0.717) is 0 Å². The normalized spacial score (nSPS) is 22.4. The van der Waals surface area contributed by atoms with Gasteiger partial charge in [-0.3, -0.25) is 4.79 Å². The van der Waals surface area contributed by atoms with E-state index in [0.717, 1.165) is 0 Å². The van der Waals surface area contributed by atoms with E-state index >= 15 is 0 Å². The highest BCUT2D eigenvalue weighted by molar-refractivity contribution is 5.99. The first-order chi connectivity index (χ1) is 9.58. The second-order valence-electron chi connectivity index (χ2n) is 4.89. The van der Waals surface area contributed by atoms with Crippen molar-refractivity contribution in [2.45, 2.75) is 32.2 Å². The van der Waals surface area contributed by atoms with Crippen LogP contribution in [0.3, 0.4) is 0 Å². The number of carbonyl (C=O) groups excluding carboxylic acids is 1. The number of rotatable bonds is 1. The molecule has 2 N–H and O–H groups in total. The van der Waals surface area contributed by atoms with Crippen molar-refractivity contribution in [2.75, 3.05) is 0 Å². The molecule has 1 aliphatic rings. The summed E-state index contributed by atoms with van der Waals surface area (Å²) in [5.41, 5.74) is -3.42. The van der Waals surface area contributed by atoms with Gasteiger partial charge in [-0.15, -0.1) is 0 Å². The van der Waals surface area contributed by atoms with E-state index in [4.69, 9.17) is 0 Å². The van der Waals surface area contributed by atoms with Gasteiger partial charge in [0, 0.05) is 23.3 Å². The molecule has 0 aliphatic carbocycles. The number of alkyl halides is 3. The topological polar surface area (TPSA) is 73.1 Å². The first-order valence-electron chi connectivity index (χ1n) is 6.04. The average Bonchev–Trinajstić information content (AvgIpc) is 2.68. The number of phenolic OH excluding ortho intramolecular Hbond substituents is 1. The minimum absolute atomic E-state index is 0.0130. The number of aromatic hydroxyl groups is 1. The van der Waals surface area contributed by atoms with Crippen LogP contribution in [0.25, 0.3) is 0 Å². The minimum Gasteiger partial charge on any atom is -0.508 e. The predicted octanol–water partition coefficient (Wildman–Crippen LogP) is 2.17. The van der Waals surface area contributed by atoms with E-state index in [1.54, 1.807) is 0 Å². The summed E-state index contributed by atoms with van der Waals surface area (Å²) < 4.78 is 39.2. The lowest BCUT2D eigenvalue weighted by atomic mass is 10.0. The van der Waals surface area contributed by atoms with Crippen molar-refractivity contribution in [1.82, 2.24) is 5.01 Å². The van der Waals surface area contributed by atoms with E-state index in [1.165, 1.54) is 32.0 Å². The molecule has 5 nitrogen and oxygen atoms in total. The van der Waals surface area contributed by atoms with Crippen LogP contribution in [0.15, 0.2) is 23.3 Å². The first-order valence-corrected chi connectivity index (χ1v) is 6.04. The fourth-order valence-electron chi connectivity index (χ4n) is 2.12. The maximum Gasteiger partial charge on any atom is 0.438 e. The lowest BCUT2D eigenvalue weighted by Crippen LogP contribution is -2.56. The summed E-state index contributed by atoms with van der Waals surface area (Å²) in [6.45, 7) is 2.68. The van der Waals surface area contributed by atoms with Crippen LogP contribution < -0.4 is 0 Å². The number of halogens is 3. The zero-order valence-electron chi connectivity index (χ0n) is 11.3. The largest absolute Gasteiger partial charge is 0.508 e. The Balaban J connectivity index is 2.49. The van der Waals surface area contributed by atoms with Gasteiger partial charge in [-0.2, -0.15) is 23.3 Å². The molecule has 1 aliphatic heterocycles. The van der Waals surface area contributed by atoms with Crippen LogP contribution in [0.1, 0.15) is 29.3 Å². The second kappa shape index (κ2) is 4.73. The van der Waals surface area contributed by atoms with Crippen LogP contribution in [0.5, 0.6) is 5.75 Å². The number of nitrogens with zero attached hydrogens (tertiary/aromatic N) is 2. The molecular formula is C13H13F3N2O3. The zero-order chi connectivity index (χ0) is 16.0. The Morgan fingerprint density at radius 3 is 2.57 bits per heavy atom. The summed E-state index contributed by atoms with van der Waals surface area (Å²) in [5.74, 6) is -1.35. The molecule has 1 atom stereocenters. The molecule has 0 aromatic heterocycles. The van der Waals surface area contributed by atoms with E-state index in [2.05, 4.69) is 5.10 Å². The Morgan fingerprint density at radius 1 is 1.38 bits per heavy atom. The molecule has 2 rings (SSSR count). The van der Waals surface area contributed by atoms with Crippen LogP contribution in [-0.2, 0) is 0 Å². The van der Waals surface area contributed by atoms with Gasteiger partial charge in [-0.25, -0.2) is 0 Å². The average molecular weight is 302 g/mol. The number of hydrazone groups is 1. The fourth-order valence-corrected chi connectivity index (χ4v) is 2.12. The maximum absolute atomic E-state index is 13.1. The van der Waals surface area contributed by atoms with Gasteiger partial charge in [0.15, 0.2) is 0 Å². The summed E-state index contributed by atoms with van der Waals surface area (Å²) >= 11 is 0. The Morgan fingerprint density at radius 2 is 2.00 bits per heavy atom. The fraction of sp³-hybridized carbons (Fsp3) is 0.385. The molecule has 0 saturated carbocycles. The lowest BCUT2D eigenvalue weighted by Gasteiger charge is -2.32. The molecule has 114 valence electrons. The highest BCUT2D eigenvalue weighted by Gasteiger charge is 2.62. The van der Waals surface area contributed by atoms with Gasteiger partial charge in [0.1, 0.15) is 5.75 Å². The Labute approximate surface area is 118 Å². The van der Waals surface area contributed by atoms with Crippen LogP contribution in [-0.4, -0.2) is 38.7 Å². The third kappa shape index (κ3) is 2.35. The van der Waals surface area contributed by atoms with Crippen LogP contribution in [0.2, 0.25) is 0 Å². The summed E-state index contributed by atoms with van der Waals surface area (Å²) in [6, 6.07) is 3.90. The van der Waals surface area contributed by atoms with E-state index < -0.39 is 24.2 Å². The van der Waals surface area contributed by atoms with E-state index in [1.807, 2.05) is 0 Å². The number of hydrogen-bond donors (Lipinski definition) is 2. The van der Waals surface area contributed by atoms with Crippen molar-refractivity contribution in [1.29, 1.82) is 0 Å². The minimum atomic E-state index is -5.05. The SMILES string of the molecule is CC1=NN(C(=O)c2cccc(O)c2C)[C@](O)(C(F)(F)F)C1. The van der Waals surface area contributed by atoms with Crippen molar-refractivity contribution in [3.05, 3.63) is 29.3 Å². The second-order valence-corrected chi connectivity index (χ2v) is 4.89. The zero-order valence-corrected chi connectivity index (χ0v) is 11.3. The van der Waals surface area contributed by atoms with Crippen LogP contribution in [0, 0.1) is 6.92 Å². The number of hydrogen-bond acceptors (Lipinski definition) is 4. The summed E-state index contributed by atoms with van der Waals surface area (Å²) in [7, 11) is 0. The highest BCUT2D eigenvalue weighted by atomic mass is 19.4. The lowest BCUT2D eigenvalue weighted by molar-refractivity contribution is -0.297. The van der Waals surface area contributed by atoms with Gasteiger partial charge in [-0.05, 0) is 26.0 Å². The van der Waals surface area contributed by atoms with Gasteiger partial charge in [-0.1, -0.05) is 6.07 Å². The van der Waals surface area contributed by atoms with Crippen molar-refractivity contribution in [3.63, 3.8) is 0 Å². The number of carbonyl (C=O) groups is 1. The standard InChI is InChI=1S/C13H13F3N2O3/c1-7-6-12(21,13(14,15)16)18(17-7)11(20)9-4-3-5-10(19)8(9)2/h3-5,19,21H,6H2,1-2H3/t12-/m1/s1. The van der Waals surface area contributed by atoms with Gasteiger partial charge < -0.3 is 10.2 Å². The maximum atomic E-state index is 13.1. The van der Waals surface area contributed by atoms with Crippen molar-refractivity contribution in [2.24, 2.45) is 5.10 Å². The molecule has 0 bridgehead atoms. The molecule has 0 saturated heterocycles. The molecule has 0 unspecified atom stereocenters. The Bertz CT molecular complexity index is 628. The van der Waals surface area contributed by atoms with Gasteiger partial charge >= 0.3 is 6.18 Å². The monoisotopic (exact) mass is 302 g/mol. The van der Waals surface area contributed by atoms with Crippen LogP contribution in [0.4, 0.5) is 13.2 Å². The summed E-state index contributed by atoms with van der Waals surface area (Å²) in [5, 5.41) is 22.9. The molecule has 1 heterocycles. The van der Waals surface area contributed by atoms with Crippen molar-refractivity contribution in [3.8, 4) is 5.75 Å². The molecule has 0 radical (unpaired) electrons. The summed E-state index contributed by atoms with van der Waals surface area (Å²) in [4.78, 5) is 12.3. The van der Waals surface area contributed by atoms with Crippen molar-refractivity contribution >= 4 is 11.6 Å². The first kappa shape index (κ1) is 15.3. The number of aliphatic hydroxyl groups is 1. The summed E-state index contributed by atoms with van der Waals surface area (Å²) in [6.07, 6.45) is -5.85.